The van der Waals surface area contributed by atoms with Gasteiger partial charge in [-0.3, -0.25) is 19.8 Å². The molecule has 1 aliphatic rings. The smallest absolute Gasteiger partial charge is 0.285 e. The summed E-state index contributed by atoms with van der Waals surface area (Å²) in [4.78, 5) is 39.8. The van der Waals surface area contributed by atoms with Crippen LogP contribution in [-0.2, 0) is 9.59 Å². The first kappa shape index (κ1) is 27.5. The molecule has 0 unspecified atom stereocenters. The Kier molecular flexibility index (Phi) is 9.74. The number of hydrogen-bond acceptors (Lipinski definition) is 7. The summed E-state index contributed by atoms with van der Waals surface area (Å²) in [6, 6.07) is 11.7. The van der Waals surface area contributed by atoms with E-state index in [4.69, 9.17) is 33.3 Å². The monoisotopic (exact) mass is 547 g/mol. The molecule has 0 atom stereocenters. The second-order valence-corrected chi connectivity index (χ2v) is 9.51. The Labute approximate surface area is 224 Å². The largest absolute Gasteiger partial charge is 0.490 e. The van der Waals surface area contributed by atoms with Crippen molar-refractivity contribution < 1.29 is 23.9 Å². The van der Waals surface area contributed by atoms with E-state index in [1.165, 1.54) is 0 Å². The van der Waals surface area contributed by atoms with Crippen molar-refractivity contribution in [3.8, 4) is 11.5 Å². The molecule has 1 heterocycles. The molecule has 1 fully saturated rings. The Balaban J connectivity index is 1.75. The van der Waals surface area contributed by atoms with Crippen molar-refractivity contribution >= 4 is 63.7 Å². The number of thiocarbonyl (C=S) groups is 1. The van der Waals surface area contributed by atoms with Crippen LogP contribution in [0.5, 0.6) is 11.5 Å². The second-order valence-electron chi connectivity index (χ2n) is 7.43. The van der Waals surface area contributed by atoms with E-state index in [-0.39, 0.29) is 27.4 Å². The third-order valence-corrected chi connectivity index (χ3v) is 6.79. The minimum Gasteiger partial charge on any atom is -0.490 e. The maximum Gasteiger partial charge on any atom is 0.285 e. The number of hydrogen-bond donors (Lipinski definition) is 1. The van der Waals surface area contributed by atoms with Crippen LogP contribution in [-0.4, -0.2) is 58.3 Å². The molecule has 0 aromatic heterocycles. The molecule has 3 rings (SSSR count). The standard InChI is InChI=1S/C25H26ClN3O5S2/c1-4-28(5-2)22(30)15-34-19-12-11-16(13-20(19)33-6-3)14-21-24(32)29(25(35)36-21)27-23(31)17-9-7-8-10-18(17)26/h7-14H,4-6,15H2,1-3H3,(H,27,31)/b21-14+. The molecule has 2 aromatic rings. The van der Waals surface area contributed by atoms with Crippen molar-refractivity contribution in [1.82, 2.24) is 15.3 Å². The van der Waals surface area contributed by atoms with E-state index in [0.717, 1.165) is 16.8 Å². The molecule has 0 aliphatic carbocycles. The van der Waals surface area contributed by atoms with Gasteiger partial charge in [-0.15, -0.1) is 0 Å². The summed E-state index contributed by atoms with van der Waals surface area (Å²) < 4.78 is 11.6. The molecule has 8 nitrogen and oxygen atoms in total. The van der Waals surface area contributed by atoms with Gasteiger partial charge in [-0.2, -0.15) is 5.01 Å². The van der Waals surface area contributed by atoms with Crippen molar-refractivity contribution in [2.24, 2.45) is 0 Å². The van der Waals surface area contributed by atoms with Crippen molar-refractivity contribution in [2.75, 3.05) is 26.3 Å². The van der Waals surface area contributed by atoms with Gasteiger partial charge in [-0.25, -0.2) is 0 Å². The van der Waals surface area contributed by atoms with Crippen molar-refractivity contribution in [3.05, 3.63) is 63.5 Å². The number of thioether (sulfide) groups is 1. The molecule has 3 amide bonds. The van der Waals surface area contributed by atoms with Gasteiger partial charge in [0.2, 0.25) is 0 Å². The fourth-order valence-corrected chi connectivity index (χ4v) is 4.73. The average molecular weight is 548 g/mol. The zero-order valence-corrected chi connectivity index (χ0v) is 22.5. The van der Waals surface area contributed by atoms with Crippen LogP contribution >= 0.6 is 35.6 Å². The van der Waals surface area contributed by atoms with Crippen molar-refractivity contribution in [1.29, 1.82) is 0 Å². The number of rotatable bonds is 10. The number of nitrogens with one attached hydrogen (secondary N) is 1. The van der Waals surface area contributed by atoms with Crippen LogP contribution in [0, 0.1) is 0 Å². The third-order valence-electron chi connectivity index (χ3n) is 5.16. The van der Waals surface area contributed by atoms with Gasteiger partial charge >= 0.3 is 0 Å². The number of carbonyl (C=O) groups excluding carboxylic acids is 3. The molecule has 2 aromatic carbocycles. The van der Waals surface area contributed by atoms with Gasteiger partial charge in [0.25, 0.3) is 17.7 Å². The first-order valence-electron chi connectivity index (χ1n) is 11.3. The SMILES string of the molecule is CCOc1cc(/C=C2/SC(=S)N(NC(=O)c3ccccc3Cl)C2=O)ccc1OCC(=O)N(CC)CC. The lowest BCUT2D eigenvalue weighted by Crippen LogP contribution is -2.44. The van der Waals surface area contributed by atoms with Crippen LogP contribution in [0.3, 0.4) is 0 Å². The van der Waals surface area contributed by atoms with Gasteiger partial charge in [0.05, 0.1) is 22.1 Å². The van der Waals surface area contributed by atoms with Gasteiger partial charge in [-0.1, -0.05) is 41.6 Å². The molecule has 1 aliphatic heterocycles. The second kappa shape index (κ2) is 12.8. The van der Waals surface area contributed by atoms with Gasteiger partial charge in [0.1, 0.15) is 0 Å². The highest BCUT2D eigenvalue weighted by atomic mass is 35.5. The summed E-state index contributed by atoms with van der Waals surface area (Å²) >= 11 is 12.4. The van der Waals surface area contributed by atoms with Gasteiger partial charge < -0.3 is 14.4 Å². The van der Waals surface area contributed by atoms with E-state index in [1.807, 2.05) is 20.8 Å². The molecule has 1 N–H and O–H groups in total. The van der Waals surface area contributed by atoms with E-state index < -0.39 is 11.8 Å². The normalized spacial score (nSPS) is 14.2. The van der Waals surface area contributed by atoms with Crippen LogP contribution in [0.25, 0.3) is 6.08 Å². The summed E-state index contributed by atoms with van der Waals surface area (Å²) in [6.07, 6.45) is 1.65. The predicted octanol–water partition coefficient (Wildman–Crippen LogP) is 4.53. The molecule has 0 radical (unpaired) electrons. The summed E-state index contributed by atoms with van der Waals surface area (Å²) in [5.74, 6) is -0.254. The summed E-state index contributed by atoms with van der Waals surface area (Å²) in [7, 11) is 0. The Bertz CT molecular complexity index is 1200. The van der Waals surface area contributed by atoms with E-state index in [1.54, 1.807) is 53.4 Å². The Morgan fingerprint density at radius 3 is 2.50 bits per heavy atom. The molecule has 11 heteroatoms. The number of hydrazine groups is 1. The van der Waals surface area contributed by atoms with Crippen molar-refractivity contribution in [3.63, 3.8) is 0 Å². The van der Waals surface area contributed by atoms with Crippen LogP contribution in [0.2, 0.25) is 5.02 Å². The first-order valence-corrected chi connectivity index (χ1v) is 12.9. The number of nitrogens with zero attached hydrogens (tertiary/aromatic N) is 2. The fourth-order valence-electron chi connectivity index (χ4n) is 3.33. The number of amides is 3. The van der Waals surface area contributed by atoms with Gasteiger partial charge in [0.15, 0.2) is 22.4 Å². The maximum atomic E-state index is 13.0. The summed E-state index contributed by atoms with van der Waals surface area (Å²) in [5, 5.41) is 1.29. The Morgan fingerprint density at radius 1 is 1.11 bits per heavy atom. The van der Waals surface area contributed by atoms with Crippen LogP contribution in [0.15, 0.2) is 47.4 Å². The number of likely N-dealkylation sites (N-methyl/N-ethyl adjacent to an activating group) is 1. The molecular weight excluding hydrogens is 522 g/mol. The van der Waals surface area contributed by atoms with E-state index in [2.05, 4.69) is 5.43 Å². The topological polar surface area (TPSA) is 88.2 Å². The lowest BCUT2D eigenvalue weighted by Gasteiger charge is -2.19. The third kappa shape index (κ3) is 6.57. The number of carbonyl (C=O) groups is 3. The Morgan fingerprint density at radius 2 is 1.83 bits per heavy atom. The fraction of sp³-hybridized carbons (Fsp3) is 0.280. The molecule has 0 bridgehead atoms. The predicted molar refractivity (Wildman–Crippen MR) is 145 cm³/mol. The Hall–Kier alpha value is -3.08. The maximum absolute atomic E-state index is 13.0. The number of benzene rings is 2. The minimum atomic E-state index is -0.544. The quantitative estimate of drug-likeness (QED) is 0.345. The number of ether oxygens (including phenoxy) is 2. The molecule has 190 valence electrons. The highest BCUT2D eigenvalue weighted by molar-refractivity contribution is 8.26. The zero-order chi connectivity index (χ0) is 26.2. The van der Waals surface area contributed by atoms with Crippen LogP contribution < -0.4 is 14.9 Å². The highest BCUT2D eigenvalue weighted by Crippen LogP contribution is 2.34. The summed E-state index contributed by atoms with van der Waals surface area (Å²) in [6.45, 7) is 7.15. The molecule has 0 spiro atoms. The minimum absolute atomic E-state index is 0.106. The molecular formula is C25H26ClN3O5S2. The van der Waals surface area contributed by atoms with Crippen LogP contribution in [0.4, 0.5) is 0 Å². The van der Waals surface area contributed by atoms with Crippen molar-refractivity contribution in [2.45, 2.75) is 20.8 Å². The molecule has 36 heavy (non-hydrogen) atoms. The van der Waals surface area contributed by atoms with Gasteiger partial charge in [-0.05, 0) is 68.9 Å². The van der Waals surface area contributed by atoms with Gasteiger partial charge in [0, 0.05) is 13.1 Å². The first-order chi connectivity index (χ1) is 17.3. The lowest BCUT2D eigenvalue weighted by atomic mass is 10.2. The zero-order valence-electron chi connectivity index (χ0n) is 20.1. The highest BCUT2D eigenvalue weighted by Gasteiger charge is 2.34. The van der Waals surface area contributed by atoms with Crippen LogP contribution in [0.1, 0.15) is 36.7 Å². The number of halogens is 1. The van der Waals surface area contributed by atoms with E-state index >= 15 is 0 Å². The summed E-state index contributed by atoms with van der Waals surface area (Å²) in [5.41, 5.74) is 3.41. The average Bonchev–Trinajstić information content (AvgIpc) is 3.12. The molecule has 1 saturated heterocycles. The molecule has 0 saturated carbocycles. The lowest BCUT2D eigenvalue weighted by molar-refractivity contribution is -0.133. The van der Waals surface area contributed by atoms with E-state index in [0.29, 0.717) is 41.7 Å². The van der Waals surface area contributed by atoms with E-state index in [9.17, 15) is 14.4 Å².